The van der Waals surface area contributed by atoms with Gasteiger partial charge in [0.05, 0.1) is 18.0 Å². The van der Waals surface area contributed by atoms with E-state index < -0.39 is 17.3 Å². The Balaban J connectivity index is 1.78. The topological polar surface area (TPSA) is 68.3 Å². The van der Waals surface area contributed by atoms with E-state index in [2.05, 4.69) is 0 Å². The summed E-state index contributed by atoms with van der Waals surface area (Å²) in [5, 5.41) is -0.508. The highest BCUT2D eigenvalue weighted by atomic mass is 32.2. The molecular weight excluding hydrogens is 495 g/mol. The molecule has 2 unspecified atom stereocenters. The van der Waals surface area contributed by atoms with E-state index in [1.54, 1.807) is 30.2 Å². The summed E-state index contributed by atoms with van der Waals surface area (Å²) in [5.74, 6) is 0.536. The number of fused-ring (bicyclic) bond motifs is 1. The molecule has 3 aromatic carbocycles. The minimum Gasteiger partial charge on any atom is -0.497 e. The Morgan fingerprint density at radius 2 is 1.65 bits per heavy atom. The average molecular weight is 525 g/mol. The average Bonchev–Trinajstić information content (AvgIpc) is 2.98. The zero-order valence-corrected chi connectivity index (χ0v) is 22.0. The number of nitrogens with zero attached hydrogens (tertiary/aromatic N) is 2. The lowest BCUT2D eigenvalue weighted by atomic mass is 10.1. The van der Waals surface area contributed by atoms with Crippen molar-refractivity contribution >= 4 is 29.3 Å². The van der Waals surface area contributed by atoms with Crippen molar-refractivity contribution in [2.75, 3.05) is 39.2 Å². The Morgan fingerprint density at radius 3 is 2.27 bits per heavy atom. The molecular formula is C28H29FN2O5S. The summed E-state index contributed by atoms with van der Waals surface area (Å²) in [5.41, 5.74) is 1.52. The van der Waals surface area contributed by atoms with Crippen LogP contribution >= 0.6 is 11.8 Å². The van der Waals surface area contributed by atoms with Gasteiger partial charge in [-0.2, -0.15) is 0 Å². The van der Waals surface area contributed by atoms with Crippen LogP contribution in [0.3, 0.4) is 0 Å². The minimum absolute atomic E-state index is 0.295. The Hall–Kier alpha value is -3.56. The SMILES string of the molecule is COc1ccc(C2Sc3cc(Oc4ccc(F)cc4)ccc3N(CCN(C)C)C(=O)C2OC(C)=O)cc1. The van der Waals surface area contributed by atoms with Gasteiger partial charge in [0, 0.05) is 24.9 Å². The van der Waals surface area contributed by atoms with Crippen molar-refractivity contribution in [2.24, 2.45) is 0 Å². The molecule has 0 N–H and O–H groups in total. The number of amides is 1. The van der Waals surface area contributed by atoms with Crippen LogP contribution in [0.25, 0.3) is 0 Å². The quantitative estimate of drug-likeness (QED) is 0.371. The van der Waals surface area contributed by atoms with E-state index in [0.717, 1.165) is 10.5 Å². The number of rotatable bonds is 8. The third kappa shape index (κ3) is 6.42. The summed E-state index contributed by atoms with van der Waals surface area (Å²) in [7, 11) is 5.45. The number of hydrogen-bond donors (Lipinski definition) is 0. The molecule has 0 aliphatic carbocycles. The number of thioether (sulfide) groups is 1. The molecule has 1 heterocycles. The van der Waals surface area contributed by atoms with Gasteiger partial charge in [-0.05, 0) is 74.3 Å². The molecule has 0 saturated carbocycles. The highest BCUT2D eigenvalue weighted by molar-refractivity contribution is 7.99. The number of carbonyl (C=O) groups excluding carboxylic acids is 2. The van der Waals surface area contributed by atoms with Crippen molar-refractivity contribution in [2.45, 2.75) is 23.2 Å². The molecule has 1 aliphatic heterocycles. The number of carbonyl (C=O) groups is 2. The smallest absolute Gasteiger partial charge is 0.303 e. The number of anilines is 1. The highest BCUT2D eigenvalue weighted by Gasteiger charge is 2.41. The number of methoxy groups -OCH3 is 1. The molecule has 37 heavy (non-hydrogen) atoms. The van der Waals surface area contributed by atoms with E-state index in [9.17, 15) is 14.0 Å². The van der Waals surface area contributed by atoms with Gasteiger partial charge in [0.25, 0.3) is 5.91 Å². The minimum atomic E-state index is -1.04. The molecule has 0 spiro atoms. The second kappa shape index (κ2) is 11.7. The summed E-state index contributed by atoms with van der Waals surface area (Å²) in [6, 6.07) is 18.6. The molecule has 4 rings (SSSR count). The molecule has 0 saturated heterocycles. The van der Waals surface area contributed by atoms with Crippen molar-refractivity contribution < 1.29 is 28.2 Å². The van der Waals surface area contributed by atoms with Gasteiger partial charge in [-0.25, -0.2) is 4.39 Å². The largest absolute Gasteiger partial charge is 0.497 e. The van der Waals surface area contributed by atoms with E-state index in [0.29, 0.717) is 36.0 Å². The Morgan fingerprint density at radius 1 is 1.00 bits per heavy atom. The first-order chi connectivity index (χ1) is 17.7. The number of ether oxygens (including phenoxy) is 3. The molecule has 9 heteroatoms. The number of likely N-dealkylation sites (N-methyl/N-ethyl adjacent to an activating group) is 1. The first-order valence-corrected chi connectivity index (χ1v) is 12.6. The van der Waals surface area contributed by atoms with Gasteiger partial charge in [0.2, 0.25) is 0 Å². The Bertz CT molecular complexity index is 1250. The van der Waals surface area contributed by atoms with Crippen LogP contribution in [-0.4, -0.2) is 57.2 Å². The molecule has 7 nitrogen and oxygen atoms in total. The van der Waals surface area contributed by atoms with E-state index in [-0.39, 0.29) is 11.7 Å². The maximum Gasteiger partial charge on any atom is 0.303 e. The van der Waals surface area contributed by atoms with Gasteiger partial charge in [0.1, 0.15) is 23.1 Å². The molecule has 0 fully saturated rings. The van der Waals surface area contributed by atoms with Gasteiger partial charge in [0.15, 0.2) is 6.10 Å². The third-order valence-corrected chi connectivity index (χ3v) is 7.17. The Kier molecular flexibility index (Phi) is 8.35. The first kappa shape index (κ1) is 26.5. The first-order valence-electron chi connectivity index (χ1n) is 11.8. The van der Waals surface area contributed by atoms with Crippen LogP contribution < -0.4 is 14.4 Å². The predicted octanol–water partition coefficient (Wildman–Crippen LogP) is 5.30. The second-order valence-corrected chi connectivity index (χ2v) is 10.0. The highest BCUT2D eigenvalue weighted by Crippen LogP contribution is 2.48. The summed E-state index contributed by atoms with van der Waals surface area (Å²) in [6.07, 6.45) is -1.04. The van der Waals surface area contributed by atoms with Gasteiger partial charge in [-0.1, -0.05) is 12.1 Å². The van der Waals surface area contributed by atoms with E-state index in [1.807, 2.05) is 55.4 Å². The second-order valence-electron chi connectivity index (χ2n) is 8.82. The summed E-state index contributed by atoms with van der Waals surface area (Å²) >= 11 is 1.43. The van der Waals surface area contributed by atoms with Crippen LogP contribution in [0.5, 0.6) is 17.2 Å². The van der Waals surface area contributed by atoms with E-state index in [4.69, 9.17) is 14.2 Å². The van der Waals surface area contributed by atoms with Crippen molar-refractivity contribution in [1.82, 2.24) is 4.90 Å². The van der Waals surface area contributed by atoms with Crippen molar-refractivity contribution in [3.63, 3.8) is 0 Å². The third-order valence-electron chi connectivity index (χ3n) is 5.82. The number of hydrogen-bond acceptors (Lipinski definition) is 7. The molecule has 0 bridgehead atoms. The summed E-state index contributed by atoms with van der Waals surface area (Å²) < 4.78 is 30.2. The lowest BCUT2D eigenvalue weighted by Crippen LogP contribution is -2.45. The molecule has 2 atom stereocenters. The fourth-order valence-corrected chi connectivity index (χ4v) is 5.32. The van der Waals surface area contributed by atoms with Crippen molar-refractivity contribution in [3.05, 3.63) is 78.1 Å². The summed E-state index contributed by atoms with van der Waals surface area (Å²) in [6.45, 7) is 2.33. The van der Waals surface area contributed by atoms with E-state index in [1.165, 1.54) is 30.8 Å². The van der Waals surface area contributed by atoms with Crippen LogP contribution in [0.1, 0.15) is 17.7 Å². The zero-order valence-electron chi connectivity index (χ0n) is 21.1. The number of esters is 1. The van der Waals surface area contributed by atoms with Gasteiger partial charge >= 0.3 is 5.97 Å². The molecule has 0 radical (unpaired) electrons. The number of benzene rings is 3. The van der Waals surface area contributed by atoms with E-state index >= 15 is 0 Å². The van der Waals surface area contributed by atoms with Gasteiger partial charge < -0.3 is 24.0 Å². The van der Waals surface area contributed by atoms with Crippen molar-refractivity contribution in [1.29, 1.82) is 0 Å². The van der Waals surface area contributed by atoms with Crippen LogP contribution in [0, 0.1) is 5.82 Å². The van der Waals surface area contributed by atoms with Crippen LogP contribution in [0.2, 0.25) is 0 Å². The predicted molar refractivity (Wildman–Crippen MR) is 141 cm³/mol. The molecule has 1 aliphatic rings. The monoisotopic (exact) mass is 524 g/mol. The molecule has 1 amide bonds. The van der Waals surface area contributed by atoms with Crippen molar-refractivity contribution in [3.8, 4) is 17.2 Å². The zero-order chi connectivity index (χ0) is 26.5. The maximum absolute atomic E-state index is 13.9. The van der Waals surface area contributed by atoms with Gasteiger partial charge in [-0.15, -0.1) is 11.8 Å². The molecule has 3 aromatic rings. The lowest BCUT2D eigenvalue weighted by Gasteiger charge is -2.28. The van der Waals surface area contributed by atoms with Gasteiger partial charge in [-0.3, -0.25) is 9.59 Å². The summed E-state index contributed by atoms with van der Waals surface area (Å²) in [4.78, 5) is 30.4. The molecule has 194 valence electrons. The fourth-order valence-electron chi connectivity index (χ4n) is 3.97. The van der Waals surface area contributed by atoms with Crippen LogP contribution in [-0.2, 0) is 14.3 Å². The Labute approximate surface area is 220 Å². The fraction of sp³-hybridized carbons (Fsp3) is 0.286. The van der Waals surface area contributed by atoms with Crippen LogP contribution in [0.4, 0.5) is 10.1 Å². The normalized spacial score (nSPS) is 17.2. The van der Waals surface area contributed by atoms with Crippen LogP contribution in [0.15, 0.2) is 71.6 Å². The number of halogens is 1. The molecule has 0 aromatic heterocycles. The standard InChI is InChI=1S/C28H29FN2O5S/c1-18(32)35-26-27(19-5-9-21(34-4)10-6-19)37-25-17-23(36-22-11-7-20(29)8-12-22)13-14-24(25)31(28(26)33)16-15-30(2)3/h5-14,17,26-27H,15-16H2,1-4H3. The maximum atomic E-state index is 13.9. The lowest BCUT2D eigenvalue weighted by molar-refractivity contribution is -0.152.